The third-order valence-corrected chi connectivity index (χ3v) is 6.08. The van der Waals surface area contributed by atoms with Crippen molar-refractivity contribution in [3.63, 3.8) is 0 Å². The van der Waals surface area contributed by atoms with Gasteiger partial charge in [0.05, 0.1) is 6.54 Å². The molecule has 1 fully saturated rings. The summed E-state index contributed by atoms with van der Waals surface area (Å²) < 4.78 is 6.97. The Balaban J connectivity index is 1.34. The second kappa shape index (κ2) is 7.77. The van der Waals surface area contributed by atoms with E-state index in [4.69, 9.17) is 4.52 Å². The highest BCUT2D eigenvalue weighted by atomic mass is 16.5. The molecule has 0 saturated carbocycles. The summed E-state index contributed by atoms with van der Waals surface area (Å²) in [6.45, 7) is 5.13. The van der Waals surface area contributed by atoms with Gasteiger partial charge in [-0.25, -0.2) is 4.79 Å². The number of aromatic nitrogens is 3. The Morgan fingerprint density at radius 1 is 1.15 bits per heavy atom. The van der Waals surface area contributed by atoms with E-state index in [2.05, 4.69) is 15.5 Å². The molecule has 1 aliphatic heterocycles. The van der Waals surface area contributed by atoms with Crippen LogP contribution in [0.4, 0.5) is 4.79 Å². The number of amides is 3. The number of fused-ring (bicyclic) bond motifs is 1. The molecule has 0 aliphatic carbocycles. The summed E-state index contributed by atoms with van der Waals surface area (Å²) in [6.07, 6.45) is 2.19. The Morgan fingerprint density at radius 3 is 2.70 bits per heavy atom. The largest absolute Gasteiger partial charge is 0.361 e. The third kappa shape index (κ3) is 3.51. The Bertz CT molecular complexity index is 1410. The number of urea groups is 1. The molecule has 1 unspecified atom stereocenters. The number of carbonyl (C=O) groups excluding carboxylic acids is 3. The van der Waals surface area contributed by atoms with Crippen LogP contribution >= 0.6 is 0 Å². The number of aromatic amines is 1. The highest BCUT2D eigenvalue weighted by Crippen LogP contribution is 2.23. The van der Waals surface area contributed by atoms with Crippen molar-refractivity contribution in [2.45, 2.75) is 33.2 Å². The molecule has 3 aromatic heterocycles. The first-order valence-electron chi connectivity index (χ1n) is 10.7. The molecule has 2 N–H and O–H groups in total. The Morgan fingerprint density at radius 2 is 1.94 bits per heavy atom. The molecule has 9 nitrogen and oxygen atoms in total. The molecule has 1 atom stereocenters. The number of carbonyl (C=O) groups is 3. The van der Waals surface area contributed by atoms with Gasteiger partial charge in [-0.3, -0.25) is 19.1 Å². The normalized spacial score (nSPS) is 16.1. The maximum Gasteiger partial charge on any atom is 0.325 e. The summed E-state index contributed by atoms with van der Waals surface area (Å²) in [5.74, 6) is 0.520. The van der Waals surface area contributed by atoms with Crippen molar-refractivity contribution in [3.8, 4) is 5.82 Å². The fraction of sp³-hybridized carbons (Fsp3) is 0.250. The predicted octanol–water partition coefficient (Wildman–Crippen LogP) is 3.22. The molecule has 9 heteroatoms. The third-order valence-electron chi connectivity index (χ3n) is 6.08. The lowest BCUT2D eigenvalue weighted by atomic mass is 10.0. The average molecular weight is 445 g/mol. The number of imide groups is 1. The van der Waals surface area contributed by atoms with Crippen LogP contribution in [0.3, 0.4) is 0 Å². The van der Waals surface area contributed by atoms with Crippen LogP contribution in [0.5, 0.6) is 0 Å². The van der Waals surface area contributed by atoms with E-state index in [0.29, 0.717) is 29.3 Å². The lowest BCUT2D eigenvalue weighted by molar-refractivity contribution is -0.127. The minimum absolute atomic E-state index is 0.314. The number of aryl methyl sites for hydroxylation is 2. The van der Waals surface area contributed by atoms with Gasteiger partial charge in [-0.15, -0.1) is 0 Å². The lowest BCUT2D eigenvalue weighted by Gasteiger charge is -2.12. The van der Waals surface area contributed by atoms with Gasteiger partial charge in [0.2, 0.25) is 0 Å². The zero-order valence-electron chi connectivity index (χ0n) is 18.5. The summed E-state index contributed by atoms with van der Waals surface area (Å²) in [7, 11) is 0. The fourth-order valence-corrected chi connectivity index (χ4v) is 4.47. The zero-order chi connectivity index (χ0) is 23.3. The highest BCUT2D eigenvalue weighted by molar-refractivity contribution is 6.09. The van der Waals surface area contributed by atoms with E-state index in [1.165, 1.54) is 0 Å². The summed E-state index contributed by atoms with van der Waals surface area (Å²) in [5, 5.41) is 7.74. The van der Waals surface area contributed by atoms with Crippen molar-refractivity contribution in [1.29, 1.82) is 0 Å². The van der Waals surface area contributed by atoms with Gasteiger partial charge in [0.1, 0.15) is 11.8 Å². The monoisotopic (exact) mass is 445 g/mol. The molecular formula is C24H23N5O4. The van der Waals surface area contributed by atoms with E-state index in [1.54, 1.807) is 26.0 Å². The van der Waals surface area contributed by atoms with Gasteiger partial charge < -0.3 is 14.8 Å². The van der Waals surface area contributed by atoms with Crippen LogP contribution in [0.15, 0.2) is 47.1 Å². The van der Waals surface area contributed by atoms with Gasteiger partial charge >= 0.3 is 6.03 Å². The van der Waals surface area contributed by atoms with Crippen molar-refractivity contribution in [3.05, 3.63) is 70.9 Å². The van der Waals surface area contributed by atoms with Crippen LogP contribution in [0, 0.1) is 20.8 Å². The molecule has 0 bridgehead atoms. The van der Waals surface area contributed by atoms with Crippen LogP contribution in [-0.4, -0.2) is 49.9 Å². The van der Waals surface area contributed by atoms with E-state index in [-0.39, 0.29) is 12.3 Å². The molecular weight excluding hydrogens is 422 g/mol. The van der Waals surface area contributed by atoms with Gasteiger partial charge in [0, 0.05) is 46.5 Å². The second-order valence-electron chi connectivity index (χ2n) is 8.33. The SMILES string of the molecule is Cc1cc(-n2c(C)cc(C(=O)CN3C(=O)NC(Cc4c[nH]c5ccccc45)C3=O)c2C)no1. The van der Waals surface area contributed by atoms with Crippen molar-refractivity contribution in [1.82, 2.24) is 24.9 Å². The molecule has 1 aromatic carbocycles. The molecule has 1 saturated heterocycles. The Labute approximate surface area is 189 Å². The molecule has 3 amide bonds. The summed E-state index contributed by atoms with van der Waals surface area (Å²) in [5.41, 5.74) is 3.82. The maximum atomic E-state index is 13.1. The van der Waals surface area contributed by atoms with Gasteiger partial charge in [-0.05, 0) is 38.5 Å². The molecule has 1 aliphatic rings. The minimum Gasteiger partial charge on any atom is -0.361 e. The first-order valence-corrected chi connectivity index (χ1v) is 10.7. The van der Waals surface area contributed by atoms with Crippen molar-refractivity contribution < 1.29 is 18.9 Å². The van der Waals surface area contributed by atoms with E-state index < -0.39 is 18.0 Å². The number of H-pyrrole nitrogens is 1. The smallest absolute Gasteiger partial charge is 0.325 e. The molecule has 168 valence electrons. The Kier molecular flexibility index (Phi) is 4.88. The number of Topliss-reactive ketones (excluding diaryl/α,β-unsaturated/α-hetero) is 1. The fourth-order valence-electron chi connectivity index (χ4n) is 4.47. The first-order chi connectivity index (χ1) is 15.8. The van der Waals surface area contributed by atoms with Gasteiger partial charge in [-0.1, -0.05) is 23.4 Å². The van der Waals surface area contributed by atoms with Crippen molar-refractivity contribution in [2.75, 3.05) is 6.54 Å². The second-order valence-corrected chi connectivity index (χ2v) is 8.33. The van der Waals surface area contributed by atoms with Crippen LogP contribution < -0.4 is 5.32 Å². The van der Waals surface area contributed by atoms with Gasteiger partial charge in [0.15, 0.2) is 11.6 Å². The van der Waals surface area contributed by atoms with Crippen molar-refractivity contribution >= 4 is 28.6 Å². The zero-order valence-corrected chi connectivity index (χ0v) is 18.5. The molecule has 33 heavy (non-hydrogen) atoms. The number of hydrogen-bond acceptors (Lipinski definition) is 5. The van der Waals surface area contributed by atoms with Gasteiger partial charge in [0.25, 0.3) is 5.91 Å². The maximum absolute atomic E-state index is 13.1. The average Bonchev–Trinajstić information content (AvgIpc) is 3.52. The number of para-hydroxylation sites is 1. The number of hydrogen-bond donors (Lipinski definition) is 2. The predicted molar refractivity (Wildman–Crippen MR) is 120 cm³/mol. The van der Waals surface area contributed by atoms with Crippen LogP contribution in [-0.2, 0) is 11.2 Å². The minimum atomic E-state index is -0.713. The summed E-state index contributed by atoms with van der Waals surface area (Å²) in [4.78, 5) is 42.8. The number of ketones is 1. The Hall–Kier alpha value is -4.14. The number of nitrogens with one attached hydrogen (secondary N) is 2. The van der Waals surface area contributed by atoms with Gasteiger partial charge in [-0.2, -0.15) is 0 Å². The highest BCUT2D eigenvalue weighted by Gasteiger charge is 2.39. The molecule has 4 heterocycles. The van der Waals surface area contributed by atoms with E-state index in [9.17, 15) is 14.4 Å². The van der Waals surface area contributed by atoms with E-state index in [1.807, 2.05) is 42.0 Å². The van der Waals surface area contributed by atoms with E-state index in [0.717, 1.165) is 27.1 Å². The van der Waals surface area contributed by atoms with Crippen molar-refractivity contribution in [2.24, 2.45) is 0 Å². The molecule has 4 aromatic rings. The summed E-state index contributed by atoms with van der Waals surface area (Å²) in [6, 6.07) is 10.0. The molecule has 0 spiro atoms. The van der Waals surface area contributed by atoms with Crippen LogP contribution in [0.25, 0.3) is 16.7 Å². The topological polar surface area (TPSA) is 113 Å². The standard InChI is InChI=1S/C24H23N5O4/c1-13-8-18(15(3)29(13)22-9-14(2)33-27-22)21(30)12-28-23(31)20(26-24(28)32)10-16-11-25-19-7-5-4-6-17(16)19/h4-9,11,20,25H,10,12H2,1-3H3,(H,26,32). The summed E-state index contributed by atoms with van der Waals surface area (Å²) >= 11 is 0. The number of nitrogens with zero attached hydrogens (tertiary/aromatic N) is 3. The molecule has 0 radical (unpaired) electrons. The molecule has 5 rings (SSSR count). The quantitative estimate of drug-likeness (QED) is 0.349. The number of benzene rings is 1. The lowest BCUT2D eigenvalue weighted by Crippen LogP contribution is -2.36. The van der Waals surface area contributed by atoms with Crippen LogP contribution in [0.2, 0.25) is 0 Å². The first kappa shape index (κ1) is 20.7. The van der Waals surface area contributed by atoms with E-state index >= 15 is 0 Å². The van der Waals surface area contributed by atoms with Crippen LogP contribution in [0.1, 0.15) is 33.1 Å². The number of rotatable bonds is 6.